The van der Waals surface area contributed by atoms with Crippen LogP contribution in [-0.4, -0.2) is 13.5 Å². The van der Waals surface area contributed by atoms with Gasteiger partial charge < -0.3 is 5.11 Å². The molecule has 0 aromatic heterocycles. The van der Waals surface area contributed by atoms with Crippen LogP contribution in [0, 0.1) is 11.6 Å². The third kappa shape index (κ3) is 3.49. The van der Waals surface area contributed by atoms with Crippen LogP contribution in [-0.2, 0) is 16.6 Å². The first kappa shape index (κ1) is 15.7. The van der Waals surface area contributed by atoms with Crippen LogP contribution in [0.3, 0.4) is 0 Å². The van der Waals surface area contributed by atoms with Gasteiger partial charge in [0.1, 0.15) is 16.5 Å². The van der Waals surface area contributed by atoms with Gasteiger partial charge in [-0.2, -0.15) is 0 Å². The molecule has 2 N–H and O–H groups in total. The summed E-state index contributed by atoms with van der Waals surface area (Å²) in [7, 11) is -4.22. The highest BCUT2D eigenvalue weighted by atomic mass is 35.5. The summed E-state index contributed by atoms with van der Waals surface area (Å²) in [5.41, 5.74) is 0.176. The van der Waals surface area contributed by atoms with E-state index in [4.69, 9.17) is 16.7 Å². The number of hydrogen-bond acceptors (Lipinski definition) is 3. The number of halogens is 3. The van der Waals surface area contributed by atoms with Crippen molar-refractivity contribution in [3.8, 4) is 0 Å². The van der Waals surface area contributed by atoms with E-state index >= 15 is 0 Å². The van der Waals surface area contributed by atoms with Crippen molar-refractivity contribution in [3.05, 3.63) is 58.6 Å². The first-order valence-corrected chi connectivity index (χ1v) is 7.57. The molecule has 0 aliphatic rings. The Balaban J connectivity index is 2.38. The topological polar surface area (TPSA) is 66.4 Å². The molecule has 0 saturated carbocycles. The lowest BCUT2D eigenvalue weighted by atomic mass is 10.2. The van der Waals surface area contributed by atoms with Gasteiger partial charge >= 0.3 is 0 Å². The van der Waals surface area contributed by atoms with E-state index in [-0.39, 0.29) is 16.3 Å². The molecular weight excluding hydrogens is 324 g/mol. The lowest BCUT2D eigenvalue weighted by molar-refractivity contribution is 0.281. The molecule has 2 aromatic carbocycles. The van der Waals surface area contributed by atoms with Gasteiger partial charge in [0.05, 0.1) is 17.3 Å². The molecule has 0 unspecified atom stereocenters. The molecule has 0 heterocycles. The Morgan fingerprint density at radius 2 is 1.86 bits per heavy atom. The number of hydrogen-bond donors (Lipinski definition) is 2. The second kappa shape index (κ2) is 5.97. The number of nitrogens with one attached hydrogen (secondary N) is 1. The highest BCUT2D eigenvalue weighted by molar-refractivity contribution is 7.92. The van der Waals surface area contributed by atoms with E-state index in [0.29, 0.717) is 0 Å². The number of rotatable bonds is 4. The highest BCUT2D eigenvalue weighted by Gasteiger charge is 2.20. The molecule has 0 fully saturated rings. The molecule has 2 rings (SSSR count). The van der Waals surface area contributed by atoms with Crippen LogP contribution in [0.2, 0.25) is 5.02 Å². The van der Waals surface area contributed by atoms with Crippen LogP contribution < -0.4 is 4.72 Å². The second-order valence-electron chi connectivity index (χ2n) is 4.15. The molecule has 8 heteroatoms. The third-order valence-electron chi connectivity index (χ3n) is 2.64. The number of aliphatic hydroxyl groups excluding tert-OH is 1. The minimum Gasteiger partial charge on any atom is -0.392 e. The summed E-state index contributed by atoms with van der Waals surface area (Å²) in [5.74, 6) is -1.63. The van der Waals surface area contributed by atoms with E-state index in [9.17, 15) is 17.2 Å². The van der Waals surface area contributed by atoms with Crippen LogP contribution in [0.1, 0.15) is 5.56 Å². The molecule has 21 heavy (non-hydrogen) atoms. The van der Waals surface area contributed by atoms with Gasteiger partial charge in [0, 0.05) is 0 Å². The fraction of sp³-hybridized carbons (Fsp3) is 0.0769. The van der Waals surface area contributed by atoms with Crippen LogP contribution in [0.15, 0.2) is 41.3 Å². The third-order valence-corrected chi connectivity index (χ3v) is 4.36. The summed E-state index contributed by atoms with van der Waals surface area (Å²) in [6, 6.07) is 6.32. The van der Waals surface area contributed by atoms with Crippen molar-refractivity contribution in [2.75, 3.05) is 4.72 Å². The monoisotopic (exact) mass is 333 g/mol. The van der Waals surface area contributed by atoms with Crippen molar-refractivity contribution in [1.29, 1.82) is 0 Å². The Morgan fingerprint density at radius 1 is 1.14 bits per heavy atom. The Hall–Kier alpha value is -1.70. The molecule has 112 valence electrons. The maximum absolute atomic E-state index is 13.8. The van der Waals surface area contributed by atoms with Gasteiger partial charge in [-0.05, 0) is 35.9 Å². The molecule has 4 nitrogen and oxygen atoms in total. The summed E-state index contributed by atoms with van der Waals surface area (Å²) >= 11 is 5.72. The van der Waals surface area contributed by atoms with Gasteiger partial charge in [-0.25, -0.2) is 17.2 Å². The summed E-state index contributed by atoms with van der Waals surface area (Å²) in [5, 5.41) is 8.72. The normalized spacial score (nSPS) is 11.4. The minimum atomic E-state index is -4.22. The lowest BCUT2D eigenvalue weighted by Gasteiger charge is -2.11. The molecule has 0 saturated heterocycles. The standard InChI is InChI=1S/C13H10ClF2NO3S/c14-10-6-9(15)2-3-12(10)17-21(19,20)13-4-1-8(7-18)5-11(13)16/h1-6,17-18H,7H2. The van der Waals surface area contributed by atoms with E-state index in [1.165, 1.54) is 6.07 Å². The smallest absolute Gasteiger partial charge is 0.264 e. The van der Waals surface area contributed by atoms with E-state index < -0.39 is 33.2 Å². The summed E-state index contributed by atoms with van der Waals surface area (Å²) < 4.78 is 52.9. The maximum Gasteiger partial charge on any atom is 0.264 e. The first-order valence-electron chi connectivity index (χ1n) is 5.70. The van der Waals surface area contributed by atoms with Crippen LogP contribution in [0.5, 0.6) is 0 Å². The SMILES string of the molecule is O=S(=O)(Nc1ccc(F)cc1Cl)c1ccc(CO)cc1F. The van der Waals surface area contributed by atoms with E-state index in [2.05, 4.69) is 4.72 Å². The average molecular weight is 334 g/mol. The molecule has 0 spiro atoms. The number of benzene rings is 2. The molecule has 0 aliphatic carbocycles. The van der Waals surface area contributed by atoms with E-state index in [0.717, 1.165) is 30.3 Å². The first-order chi connectivity index (χ1) is 9.83. The summed E-state index contributed by atoms with van der Waals surface area (Å²) in [6.07, 6.45) is 0. The van der Waals surface area contributed by atoms with Crippen LogP contribution in [0.25, 0.3) is 0 Å². The van der Waals surface area contributed by atoms with Gasteiger partial charge in [0.2, 0.25) is 0 Å². The Kier molecular flexibility index (Phi) is 4.46. The van der Waals surface area contributed by atoms with Gasteiger partial charge in [0.15, 0.2) is 0 Å². The quantitative estimate of drug-likeness (QED) is 0.904. The molecule has 0 radical (unpaired) electrons. The fourth-order valence-electron chi connectivity index (χ4n) is 1.63. The minimum absolute atomic E-state index is 0.0660. The zero-order valence-corrected chi connectivity index (χ0v) is 12.0. The largest absolute Gasteiger partial charge is 0.392 e. The average Bonchev–Trinajstić information content (AvgIpc) is 2.41. The van der Waals surface area contributed by atoms with Gasteiger partial charge in [-0.1, -0.05) is 17.7 Å². The van der Waals surface area contributed by atoms with Crippen molar-refractivity contribution in [2.45, 2.75) is 11.5 Å². The molecular formula is C13H10ClF2NO3S. The molecule has 0 aliphatic heterocycles. The Morgan fingerprint density at radius 3 is 2.43 bits per heavy atom. The summed E-state index contributed by atoms with van der Waals surface area (Å²) in [4.78, 5) is -0.597. The number of sulfonamides is 1. The van der Waals surface area contributed by atoms with E-state index in [1.54, 1.807) is 0 Å². The summed E-state index contributed by atoms with van der Waals surface area (Å²) in [6.45, 7) is -0.408. The number of anilines is 1. The molecule has 0 bridgehead atoms. The van der Waals surface area contributed by atoms with Crippen molar-refractivity contribution in [2.24, 2.45) is 0 Å². The maximum atomic E-state index is 13.8. The number of aliphatic hydroxyl groups is 1. The molecule has 0 atom stereocenters. The lowest BCUT2D eigenvalue weighted by Crippen LogP contribution is -2.15. The van der Waals surface area contributed by atoms with Gasteiger partial charge in [0.25, 0.3) is 10.0 Å². The van der Waals surface area contributed by atoms with Crippen molar-refractivity contribution >= 4 is 27.3 Å². The molecule has 2 aromatic rings. The zero-order valence-electron chi connectivity index (χ0n) is 10.5. The highest BCUT2D eigenvalue weighted by Crippen LogP contribution is 2.26. The predicted molar refractivity (Wildman–Crippen MR) is 74.5 cm³/mol. The van der Waals surface area contributed by atoms with Crippen LogP contribution in [0.4, 0.5) is 14.5 Å². The fourth-order valence-corrected chi connectivity index (χ4v) is 3.04. The van der Waals surface area contributed by atoms with Crippen molar-refractivity contribution < 1.29 is 22.3 Å². The van der Waals surface area contributed by atoms with Gasteiger partial charge in [-0.3, -0.25) is 4.72 Å². The predicted octanol–water partition coefficient (Wildman–Crippen LogP) is 2.91. The van der Waals surface area contributed by atoms with Crippen molar-refractivity contribution in [3.63, 3.8) is 0 Å². The Labute approximate surface area is 125 Å². The van der Waals surface area contributed by atoms with Crippen molar-refractivity contribution in [1.82, 2.24) is 0 Å². The molecule has 0 amide bonds. The Bertz CT molecular complexity index is 781. The second-order valence-corrected chi connectivity index (χ2v) is 6.21. The van der Waals surface area contributed by atoms with Gasteiger partial charge in [-0.15, -0.1) is 0 Å². The van der Waals surface area contributed by atoms with Crippen LogP contribution >= 0.6 is 11.6 Å². The van der Waals surface area contributed by atoms with E-state index in [1.807, 2.05) is 0 Å². The zero-order chi connectivity index (χ0) is 15.6.